The summed E-state index contributed by atoms with van der Waals surface area (Å²) < 4.78 is 3.25. The average molecular weight is 615 g/mol. The van der Waals surface area contributed by atoms with Crippen molar-refractivity contribution in [1.29, 1.82) is 0 Å². The predicted octanol–water partition coefficient (Wildman–Crippen LogP) is 7.81. The summed E-state index contributed by atoms with van der Waals surface area (Å²) in [4.78, 5) is 12.7. The van der Waals surface area contributed by atoms with Gasteiger partial charge in [-0.3, -0.25) is 4.79 Å². The second-order valence-electron chi connectivity index (χ2n) is 8.25. The number of carbonyl (C=O) groups excluding carboxylic acids is 1. The van der Waals surface area contributed by atoms with Crippen LogP contribution in [0.25, 0.3) is 28.2 Å². The van der Waals surface area contributed by atoms with Crippen molar-refractivity contribution in [2.24, 2.45) is 5.10 Å². The van der Waals surface area contributed by atoms with E-state index in [1.165, 1.54) is 6.21 Å². The number of nitrogens with one attached hydrogen (secondary N) is 1. The number of amides is 1. The van der Waals surface area contributed by atoms with Crippen molar-refractivity contribution in [3.8, 4) is 34.0 Å². The fraction of sp³-hybridized carbons (Fsp3) is 0. The third kappa shape index (κ3) is 5.43. The van der Waals surface area contributed by atoms with Crippen molar-refractivity contribution < 1.29 is 9.90 Å². The van der Waals surface area contributed by atoms with E-state index in [1.54, 1.807) is 24.3 Å². The molecule has 0 aliphatic carbocycles. The monoisotopic (exact) mass is 613 g/mol. The third-order valence-corrected chi connectivity index (χ3v) is 7.04. The first-order valence-corrected chi connectivity index (χ1v) is 13.0. The molecule has 5 nitrogen and oxygen atoms in total. The molecule has 0 aliphatic heterocycles. The maximum absolute atomic E-state index is 12.7. The molecular weight excluding hydrogens is 594 g/mol. The summed E-state index contributed by atoms with van der Waals surface area (Å²) in [5.74, 6) is -0.214. The van der Waals surface area contributed by atoms with Crippen LogP contribution in [-0.4, -0.2) is 21.8 Å². The summed E-state index contributed by atoms with van der Waals surface area (Å²) in [6.07, 6.45) is 1.51. The number of halogens is 2. The van der Waals surface area contributed by atoms with Crippen molar-refractivity contribution in [3.63, 3.8) is 0 Å². The zero-order chi connectivity index (χ0) is 25.8. The van der Waals surface area contributed by atoms with Gasteiger partial charge < -0.3 is 9.67 Å². The van der Waals surface area contributed by atoms with E-state index in [-0.39, 0.29) is 11.7 Å². The van der Waals surface area contributed by atoms with Crippen LogP contribution in [0.15, 0.2) is 123 Å². The van der Waals surface area contributed by atoms with E-state index in [2.05, 4.69) is 83.4 Å². The van der Waals surface area contributed by atoms with Gasteiger partial charge in [-0.25, -0.2) is 5.43 Å². The predicted molar refractivity (Wildman–Crippen MR) is 155 cm³/mol. The molecule has 0 saturated heterocycles. The Balaban J connectivity index is 1.41. The summed E-state index contributed by atoms with van der Waals surface area (Å²) in [5, 5.41) is 13.9. The van der Waals surface area contributed by atoms with Crippen LogP contribution >= 0.6 is 31.9 Å². The first-order valence-electron chi connectivity index (χ1n) is 11.5. The molecule has 0 radical (unpaired) electrons. The normalized spacial score (nSPS) is 11.1. The van der Waals surface area contributed by atoms with Gasteiger partial charge in [0.2, 0.25) is 0 Å². The Labute approximate surface area is 231 Å². The number of benzene rings is 4. The van der Waals surface area contributed by atoms with Gasteiger partial charge in [0.1, 0.15) is 5.75 Å². The van der Waals surface area contributed by atoms with Gasteiger partial charge in [0, 0.05) is 11.3 Å². The van der Waals surface area contributed by atoms with Crippen LogP contribution in [0.4, 0.5) is 0 Å². The molecule has 0 saturated carbocycles. The number of rotatable bonds is 6. The number of carbonyl (C=O) groups is 1. The highest BCUT2D eigenvalue weighted by molar-refractivity contribution is 9.11. The van der Waals surface area contributed by atoms with Crippen LogP contribution in [0.2, 0.25) is 0 Å². The maximum Gasteiger partial charge on any atom is 0.271 e. The minimum absolute atomic E-state index is 0.106. The minimum atomic E-state index is -0.321. The van der Waals surface area contributed by atoms with Crippen molar-refractivity contribution >= 4 is 44.0 Å². The molecule has 0 atom stereocenters. The SMILES string of the molecule is O=C(N/N=C\c1cc(Br)c(O)c(Br)c1)c1ccc(-n2c(-c3ccccc3)ccc2-c2ccccc2)cc1. The molecule has 5 aromatic rings. The summed E-state index contributed by atoms with van der Waals surface area (Å²) in [6, 6.07) is 35.6. The highest BCUT2D eigenvalue weighted by Crippen LogP contribution is 2.33. The second kappa shape index (κ2) is 11.0. The molecule has 1 heterocycles. The van der Waals surface area contributed by atoms with Gasteiger partial charge in [0.25, 0.3) is 5.91 Å². The molecule has 1 aromatic heterocycles. The van der Waals surface area contributed by atoms with E-state index in [0.717, 1.165) is 28.2 Å². The van der Waals surface area contributed by atoms with Gasteiger partial charge in [-0.15, -0.1) is 0 Å². The zero-order valence-electron chi connectivity index (χ0n) is 19.5. The van der Waals surface area contributed by atoms with Crippen LogP contribution in [-0.2, 0) is 0 Å². The van der Waals surface area contributed by atoms with Gasteiger partial charge in [-0.05, 0) is 97.1 Å². The van der Waals surface area contributed by atoms with Crippen LogP contribution in [0.5, 0.6) is 5.75 Å². The fourth-order valence-electron chi connectivity index (χ4n) is 4.03. The Morgan fingerprint density at radius 1 is 0.757 bits per heavy atom. The number of aromatic hydroxyl groups is 1. The van der Waals surface area contributed by atoms with Crippen LogP contribution in [0.1, 0.15) is 15.9 Å². The molecule has 5 rings (SSSR count). The standard InChI is InChI=1S/C30H21Br2N3O2/c31-25-17-20(18-26(32)29(25)36)19-33-34-30(37)23-11-13-24(14-12-23)35-27(21-7-3-1-4-8-21)15-16-28(35)22-9-5-2-6-10-22/h1-19,36H,(H,34,37)/b33-19-. The van der Waals surface area contributed by atoms with Crippen LogP contribution < -0.4 is 5.43 Å². The summed E-state index contributed by atoms with van der Waals surface area (Å²) in [7, 11) is 0. The number of hydrogen-bond acceptors (Lipinski definition) is 3. The summed E-state index contributed by atoms with van der Waals surface area (Å²) in [6.45, 7) is 0. The Morgan fingerprint density at radius 3 is 1.78 bits per heavy atom. The lowest BCUT2D eigenvalue weighted by Crippen LogP contribution is -2.17. The van der Waals surface area contributed by atoms with Gasteiger partial charge in [0.05, 0.1) is 26.5 Å². The third-order valence-electron chi connectivity index (χ3n) is 5.83. The number of phenols is 1. The van der Waals surface area contributed by atoms with Gasteiger partial charge in [0.15, 0.2) is 0 Å². The minimum Gasteiger partial charge on any atom is -0.506 e. The number of nitrogens with zero attached hydrogens (tertiary/aromatic N) is 2. The molecule has 0 bridgehead atoms. The number of hydrazone groups is 1. The molecule has 0 aliphatic rings. The van der Waals surface area contributed by atoms with Crippen molar-refractivity contribution in [1.82, 2.24) is 9.99 Å². The van der Waals surface area contributed by atoms with Crippen LogP contribution in [0, 0.1) is 0 Å². The Morgan fingerprint density at radius 2 is 1.27 bits per heavy atom. The smallest absolute Gasteiger partial charge is 0.271 e. The molecule has 7 heteroatoms. The van der Waals surface area contributed by atoms with Gasteiger partial charge >= 0.3 is 0 Å². The van der Waals surface area contributed by atoms with E-state index < -0.39 is 0 Å². The largest absolute Gasteiger partial charge is 0.506 e. The number of aromatic nitrogens is 1. The lowest BCUT2D eigenvalue weighted by atomic mass is 10.1. The van der Waals surface area contributed by atoms with E-state index in [9.17, 15) is 9.90 Å². The lowest BCUT2D eigenvalue weighted by Gasteiger charge is -2.15. The summed E-state index contributed by atoms with van der Waals surface area (Å²) >= 11 is 6.57. The van der Waals surface area contributed by atoms with Gasteiger partial charge in [-0.1, -0.05) is 60.7 Å². The molecule has 4 aromatic carbocycles. The molecule has 0 spiro atoms. The van der Waals surface area contributed by atoms with E-state index in [1.807, 2.05) is 48.5 Å². The molecule has 0 unspecified atom stereocenters. The van der Waals surface area contributed by atoms with Crippen molar-refractivity contribution in [3.05, 3.63) is 129 Å². The molecule has 0 fully saturated rings. The van der Waals surface area contributed by atoms with E-state index in [4.69, 9.17) is 0 Å². The van der Waals surface area contributed by atoms with E-state index in [0.29, 0.717) is 20.1 Å². The summed E-state index contributed by atoms with van der Waals surface area (Å²) in [5.41, 5.74) is 9.04. The Bertz CT molecular complexity index is 1500. The average Bonchev–Trinajstić information content (AvgIpc) is 3.38. The van der Waals surface area contributed by atoms with Crippen molar-refractivity contribution in [2.45, 2.75) is 0 Å². The van der Waals surface area contributed by atoms with Crippen LogP contribution in [0.3, 0.4) is 0 Å². The number of phenolic OH excluding ortho intramolecular Hbond substituents is 1. The van der Waals surface area contributed by atoms with Gasteiger partial charge in [-0.2, -0.15) is 5.10 Å². The molecule has 1 amide bonds. The lowest BCUT2D eigenvalue weighted by molar-refractivity contribution is 0.0955. The maximum atomic E-state index is 12.7. The second-order valence-corrected chi connectivity index (χ2v) is 9.96. The quantitative estimate of drug-likeness (QED) is 0.151. The van der Waals surface area contributed by atoms with Crippen molar-refractivity contribution in [2.75, 3.05) is 0 Å². The highest BCUT2D eigenvalue weighted by Gasteiger charge is 2.14. The molecule has 182 valence electrons. The fourth-order valence-corrected chi connectivity index (χ4v) is 5.26. The Hall–Kier alpha value is -3.94. The first kappa shape index (κ1) is 24.7. The molecular formula is C30H21Br2N3O2. The topological polar surface area (TPSA) is 66.6 Å². The Kier molecular flexibility index (Phi) is 7.35. The highest BCUT2D eigenvalue weighted by atomic mass is 79.9. The molecule has 37 heavy (non-hydrogen) atoms. The first-order chi connectivity index (χ1) is 18.0. The van der Waals surface area contributed by atoms with E-state index >= 15 is 0 Å². The number of hydrogen-bond donors (Lipinski definition) is 2. The molecule has 2 N–H and O–H groups in total. The zero-order valence-corrected chi connectivity index (χ0v) is 22.6.